The zero-order valence-corrected chi connectivity index (χ0v) is 12.9. The van der Waals surface area contributed by atoms with Crippen molar-refractivity contribution in [3.63, 3.8) is 0 Å². The number of hydrogen-bond acceptors (Lipinski definition) is 4. The Labute approximate surface area is 128 Å². The number of esters is 2. The summed E-state index contributed by atoms with van der Waals surface area (Å²) >= 11 is 0. The van der Waals surface area contributed by atoms with Crippen molar-refractivity contribution in [2.24, 2.45) is 5.92 Å². The smallest absolute Gasteiger partial charge is 0.425 e. The topological polar surface area (TPSA) is 52.6 Å². The average Bonchev–Trinajstić information content (AvgIpc) is 2.40. The third-order valence-electron chi connectivity index (χ3n) is 3.79. The first-order valence-corrected chi connectivity index (χ1v) is 7.64. The molecule has 0 aliphatic heterocycles. The minimum absolute atomic E-state index is 0.0154. The van der Waals surface area contributed by atoms with E-state index in [9.17, 15) is 22.8 Å². The molecule has 1 aliphatic rings. The van der Waals surface area contributed by atoms with Gasteiger partial charge in [-0.2, -0.15) is 13.2 Å². The van der Waals surface area contributed by atoms with E-state index in [-0.39, 0.29) is 25.4 Å². The van der Waals surface area contributed by atoms with Crippen LogP contribution < -0.4 is 0 Å². The molecule has 4 nitrogen and oxygen atoms in total. The average molecular weight is 324 g/mol. The number of carbonyl (C=O) groups excluding carboxylic acids is 2. The molecule has 1 atom stereocenters. The van der Waals surface area contributed by atoms with Gasteiger partial charge in [0, 0.05) is 12.8 Å². The maximum absolute atomic E-state index is 12.2. The van der Waals surface area contributed by atoms with Gasteiger partial charge >= 0.3 is 18.1 Å². The van der Waals surface area contributed by atoms with Crippen LogP contribution in [-0.2, 0) is 19.1 Å². The fraction of sp³-hybridized carbons (Fsp3) is 0.867. The Morgan fingerprint density at radius 2 is 1.64 bits per heavy atom. The number of alkyl halides is 3. The lowest BCUT2D eigenvalue weighted by molar-refractivity contribution is -0.216. The summed E-state index contributed by atoms with van der Waals surface area (Å²) in [5.41, 5.74) is 0. The van der Waals surface area contributed by atoms with Crippen LogP contribution in [0.3, 0.4) is 0 Å². The molecule has 1 unspecified atom stereocenters. The fourth-order valence-electron chi connectivity index (χ4n) is 2.29. The van der Waals surface area contributed by atoms with Crippen LogP contribution in [0.25, 0.3) is 0 Å². The lowest BCUT2D eigenvalue weighted by atomic mass is 9.89. The molecule has 0 bridgehead atoms. The second-order valence-corrected chi connectivity index (χ2v) is 5.90. The van der Waals surface area contributed by atoms with Gasteiger partial charge in [0.25, 0.3) is 0 Å². The van der Waals surface area contributed by atoms with E-state index < -0.39 is 24.2 Å². The van der Waals surface area contributed by atoms with Gasteiger partial charge in [-0.3, -0.25) is 9.59 Å². The Balaban J connectivity index is 2.15. The highest BCUT2D eigenvalue weighted by molar-refractivity contribution is 5.72. The van der Waals surface area contributed by atoms with E-state index in [4.69, 9.17) is 4.74 Å². The third kappa shape index (κ3) is 7.13. The van der Waals surface area contributed by atoms with Crippen molar-refractivity contribution in [2.45, 2.75) is 77.2 Å². The zero-order chi connectivity index (χ0) is 16.8. The molecule has 0 radical (unpaired) electrons. The van der Waals surface area contributed by atoms with Crippen LogP contribution in [0.15, 0.2) is 0 Å². The zero-order valence-electron chi connectivity index (χ0n) is 12.9. The van der Waals surface area contributed by atoms with Crippen LogP contribution in [0.1, 0.15) is 58.8 Å². The van der Waals surface area contributed by atoms with Crippen molar-refractivity contribution in [3.8, 4) is 0 Å². The molecule has 0 aromatic rings. The second kappa shape index (κ2) is 8.39. The summed E-state index contributed by atoms with van der Waals surface area (Å²) in [6.07, 6.45) is -3.09. The summed E-state index contributed by atoms with van der Waals surface area (Å²) in [6.45, 7) is 2.93. The molecule has 0 spiro atoms. The standard InChI is InChI=1S/C15H23F3O4/c1-10-6-8-12(9-7-10)22-14(20)5-3-4-13(19)21-11(2)15(16,17)18/h10-12H,3-9H2,1-2H3. The van der Waals surface area contributed by atoms with Crippen LogP contribution in [-0.4, -0.2) is 30.3 Å². The predicted octanol–water partition coefficient (Wildman–Crippen LogP) is 3.77. The molecule has 0 amide bonds. The maximum atomic E-state index is 12.2. The van der Waals surface area contributed by atoms with Gasteiger partial charge in [-0.25, -0.2) is 0 Å². The van der Waals surface area contributed by atoms with E-state index in [1.165, 1.54) is 0 Å². The Morgan fingerprint density at radius 1 is 1.09 bits per heavy atom. The molecule has 0 saturated heterocycles. The Morgan fingerprint density at radius 3 is 2.18 bits per heavy atom. The molecule has 22 heavy (non-hydrogen) atoms. The first-order valence-electron chi connectivity index (χ1n) is 7.64. The van der Waals surface area contributed by atoms with E-state index in [0.29, 0.717) is 5.92 Å². The van der Waals surface area contributed by atoms with Gasteiger partial charge in [0.15, 0.2) is 6.10 Å². The minimum atomic E-state index is -4.56. The van der Waals surface area contributed by atoms with Gasteiger partial charge in [-0.15, -0.1) is 0 Å². The lowest BCUT2D eigenvalue weighted by Crippen LogP contribution is -2.30. The lowest BCUT2D eigenvalue weighted by Gasteiger charge is -2.25. The molecule has 1 saturated carbocycles. The van der Waals surface area contributed by atoms with E-state index in [1.54, 1.807) is 0 Å². The highest BCUT2D eigenvalue weighted by atomic mass is 19.4. The van der Waals surface area contributed by atoms with E-state index >= 15 is 0 Å². The summed E-state index contributed by atoms with van der Waals surface area (Å²) in [5, 5.41) is 0. The number of halogens is 3. The van der Waals surface area contributed by atoms with Crippen molar-refractivity contribution in [1.29, 1.82) is 0 Å². The molecule has 1 rings (SSSR count). The van der Waals surface area contributed by atoms with Crippen LogP contribution in [0, 0.1) is 5.92 Å². The normalized spacial score (nSPS) is 23.7. The van der Waals surface area contributed by atoms with Gasteiger partial charge in [0.05, 0.1) is 0 Å². The first kappa shape index (κ1) is 18.8. The minimum Gasteiger partial charge on any atom is -0.462 e. The summed E-state index contributed by atoms with van der Waals surface area (Å²) < 4.78 is 46.1. The molecule has 0 aromatic heterocycles. The van der Waals surface area contributed by atoms with Gasteiger partial charge in [-0.1, -0.05) is 6.92 Å². The number of carbonyl (C=O) groups is 2. The fourth-order valence-corrected chi connectivity index (χ4v) is 2.29. The van der Waals surface area contributed by atoms with Gasteiger partial charge < -0.3 is 9.47 Å². The third-order valence-corrected chi connectivity index (χ3v) is 3.79. The van der Waals surface area contributed by atoms with Crippen LogP contribution >= 0.6 is 0 Å². The highest BCUT2D eigenvalue weighted by Crippen LogP contribution is 2.26. The van der Waals surface area contributed by atoms with Crippen molar-refractivity contribution >= 4 is 11.9 Å². The van der Waals surface area contributed by atoms with Crippen LogP contribution in [0.5, 0.6) is 0 Å². The maximum Gasteiger partial charge on any atom is 0.425 e. The molecular formula is C15H23F3O4. The van der Waals surface area contributed by atoms with Crippen molar-refractivity contribution in [2.75, 3.05) is 0 Å². The largest absolute Gasteiger partial charge is 0.462 e. The molecule has 1 aliphatic carbocycles. The molecule has 0 heterocycles. The van der Waals surface area contributed by atoms with Gasteiger partial charge in [-0.05, 0) is 44.9 Å². The Kier molecular flexibility index (Phi) is 7.16. The van der Waals surface area contributed by atoms with Crippen molar-refractivity contribution in [3.05, 3.63) is 0 Å². The van der Waals surface area contributed by atoms with Gasteiger partial charge in [0.1, 0.15) is 6.10 Å². The molecule has 0 aromatic carbocycles. The Hall–Kier alpha value is -1.27. The first-order chi connectivity index (χ1) is 10.2. The van der Waals surface area contributed by atoms with Crippen molar-refractivity contribution < 1.29 is 32.2 Å². The molecular weight excluding hydrogens is 301 g/mol. The quantitative estimate of drug-likeness (QED) is 0.698. The summed E-state index contributed by atoms with van der Waals surface area (Å²) in [7, 11) is 0. The number of hydrogen-bond donors (Lipinski definition) is 0. The molecule has 1 fully saturated rings. The second-order valence-electron chi connectivity index (χ2n) is 5.90. The summed E-state index contributed by atoms with van der Waals surface area (Å²) in [6, 6.07) is 0. The number of ether oxygens (including phenoxy) is 2. The van der Waals surface area contributed by atoms with Crippen LogP contribution in [0.4, 0.5) is 13.2 Å². The molecule has 0 N–H and O–H groups in total. The van der Waals surface area contributed by atoms with E-state index in [0.717, 1.165) is 32.6 Å². The van der Waals surface area contributed by atoms with E-state index in [1.807, 2.05) is 0 Å². The SMILES string of the molecule is CC1CCC(OC(=O)CCCC(=O)OC(C)C(F)(F)F)CC1. The van der Waals surface area contributed by atoms with Crippen molar-refractivity contribution in [1.82, 2.24) is 0 Å². The highest BCUT2D eigenvalue weighted by Gasteiger charge is 2.39. The Bertz CT molecular complexity index is 373. The molecule has 128 valence electrons. The predicted molar refractivity (Wildman–Crippen MR) is 73.0 cm³/mol. The van der Waals surface area contributed by atoms with Crippen LogP contribution in [0.2, 0.25) is 0 Å². The molecule has 7 heteroatoms. The summed E-state index contributed by atoms with van der Waals surface area (Å²) in [4.78, 5) is 22.8. The summed E-state index contributed by atoms with van der Waals surface area (Å²) in [5.74, 6) is -0.708. The van der Waals surface area contributed by atoms with Gasteiger partial charge in [0.2, 0.25) is 0 Å². The monoisotopic (exact) mass is 324 g/mol. The number of rotatable bonds is 6. The van der Waals surface area contributed by atoms with E-state index in [2.05, 4.69) is 11.7 Å².